The summed E-state index contributed by atoms with van der Waals surface area (Å²) < 4.78 is 11.7. The van der Waals surface area contributed by atoms with Gasteiger partial charge in [0.1, 0.15) is 17.1 Å². The first-order chi connectivity index (χ1) is 12.1. The molecule has 0 bridgehead atoms. The van der Waals surface area contributed by atoms with Crippen molar-refractivity contribution in [2.75, 3.05) is 0 Å². The number of rotatable bonds is 3. The van der Waals surface area contributed by atoms with Crippen molar-refractivity contribution in [3.63, 3.8) is 0 Å². The van der Waals surface area contributed by atoms with Crippen molar-refractivity contribution in [2.24, 2.45) is 0 Å². The van der Waals surface area contributed by atoms with Crippen LogP contribution in [-0.4, -0.2) is 4.98 Å². The van der Waals surface area contributed by atoms with Crippen LogP contribution in [0, 0.1) is 25.2 Å². The van der Waals surface area contributed by atoms with Crippen LogP contribution in [0.1, 0.15) is 28.3 Å². The Labute approximate surface area is 145 Å². The van der Waals surface area contributed by atoms with Crippen LogP contribution >= 0.6 is 0 Å². The number of hydrogen-bond donors (Lipinski definition) is 0. The van der Waals surface area contributed by atoms with Gasteiger partial charge in [-0.15, -0.1) is 0 Å². The maximum Gasteiger partial charge on any atom is 0.226 e. The number of fused-ring (bicyclic) bond motifs is 1. The normalized spacial score (nSPS) is 10.9. The summed E-state index contributed by atoms with van der Waals surface area (Å²) in [6.45, 7) is 3.96. The number of nitriles is 1. The molecule has 0 N–H and O–H groups in total. The molecule has 0 spiro atoms. The molecule has 0 radical (unpaired) electrons. The minimum absolute atomic E-state index is 0.553. The Balaban J connectivity index is 1.66. The van der Waals surface area contributed by atoms with E-state index in [9.17, 15) is 0 Å². The van der Waals surface area contributed by atoms with E-state index in [0.717, 1.165) is 33.7 Å². The zero-order valence-electron chi connectivity index (χ0n) is 14.0. The SMILES string of the molecule is Cc1cccc(-c2nc(Cc3cc4cc(C#N)ccc4o3)c(C)o2)c1. The van der Waals surface area contributed by atoms with Gasteiger partial charge in [-0.2, -0.15) is 5.26 Å². The van der Waals surface area contributed by atoms with Crippen LogP contribution in [0.5, 0.6) is 0 Å². The molecule has 122 valence electrons. The third-order valence-electron chi connectivity index (χ3n) is 4.20. The predicted octanol–water partition coefficient (Wildman–Crippen LogP) is 5.17. The fraction of sp³-hybridized carbons (Fsp3) is 0.143. The summed E-state index contributed by atoms with van der Waals surface area (Å²) in [5.41, 5.74) is 4.39. The average Bonchev–Trinajstić information content (AvgIpc) is 3.17. The van der Waals surface area contributed by atoms with Crippen LogP contribution in [0.2, 0.25) is 0 Å². The first kappa shape index (κ1) is 15.2. The fourth-order valence-electron chi connectivity index (χ4n) is 2.91. The van der Waals surface area contributed by atoms with Gasteiger partial charge in [-0.05, 0) is 50.2 Å². The van der Waals surface area contributed by atoms with Crippen LogP contribution in [0.4, 0.5) is 0 Å². The van der Waals surface area contributed by atoms with Gasteiger partial charge in [0.05, 0.1) is 23.7 Å². The Kier molecular flexibility index (Phi) is 3.62. The summed E-state index contributed by atoms with van der Waals surface area (Å²) in [5, 5.41) is 9.93. The van der Waals surface area contributed by atoms with Crippen LogP contribution in [-0.2, 0) is 6.42 Å². The number of hydrogen-bond acceptors (Lipinski definition) is 4. The lowest BCUT2D eigenvalue weighted by atomic mass is 10.1. The molecule has 4 aromatic rings. The van der Waals surface area contributed by atoms with Crippen molar-refractivity contribution in [3.8, 4) is 17.5 Å². The number of oxazole rings is 1. The predicted molar refractivity (Wildman–Crippen MR) is 95.1 cm³/mol. The van der Waals surface area contributed by atoms with E-state index in [2.05, 4.69) is 17.1 Å². The molecule has 2 aromatic carbocycles. The minimum Gasteiger partial charge on any atom is -0.461 e. The van der Waals surface area contributed by atoms with Crippen molar-refractivity contribution in [1.82, 2.24) is 4.98 Å². The third kappa shape index (κ3) is 2.92. The molecule has 2 aromatic heterocycles. The summed E-state index contributed by atoms with van der Waals surface area (Å²) in [5.74, 6) is 2.21. The van der Waals surface area contributed by atoms with Gasteiger partial charge >= 0.3 is 0 Å². The van der Waals surface area contributed by atoms with E-state index in [1.54, 1.807) is 6.07 Å². The minimum atomic E-state index is 0.553. The van der Waals surface area contributed by atoms with Crippen LogP contribution in [0.25, 0.3) is 22.4 Å². The zero-order chi connectivity index (χ0) is 17.4. The molecule has 4 nitrogen and oxygen atoms in total. The van der Waals surface area contributed by atoms with Crippen LogP contribution in [0.3, 0.4) is 0 Å². The van der Waals surface area contributed by atoms with Gasteiger partial charge in [0, 0.05) is 10.9 Å². The van der Waals surface area contributed by atoms with E-state index >= 15 is 0 Å². The Morgan fingerprint density at radius 2 is 1.92 bits per heavy atom. The first-order valence-corrected chi connectivity index (χ1v) is 8.08. The number of nitrogens with zero attached hydrogens (tertiary/aromatic N) is 2. The van der Waals surface area contributed by atoms with Gasteiger partial charge in [0.15, 0.2) is 0 Å². The lowest BCUT2D eigenvalue weighted by Crippen LogP contribution is -1.88. The molecular formula is C21H16N2O2. The Hall–Kier alpha value is -3.32. The number of benzene rings is 2. The molecule has 0 unspecified atom stereocenters. The lowest BCUT2D eigenvalue weighted by molar-refractivity contribution is 0.533. The molecule has 0 aliphatic carbocycles. The fourth-order valence-corrected chi connectivity index (χ4v) is 2.91. The second kappa shape index (κ2) is 5.95. The quantitative estimate of drug-likeness (QED) is 0.520. The second-order valence-electron chi connectivity index (χ2n) is 6.15. The summed E-state index contributed by atoms with van der Waals surface area (Å²) in [4.78, 5) is 4.64. The molecule has 0 saturated heterocycles. The highest BCUT2D eigenvalue weighted by Gasteiger charge is 2.14. The Morgan fingerprint density at radius 1 is 1.04 bits per heavy atom. The molecule has 0 aliphatic heterocycles. The van der Waals surface area contributed by atoms with Crippen LogP contribution < -0.4 is 0 Å². The van der Waals surface area contributed by atoms with Crippen molar-refractivity contribution < 1.29 is 8.83 Å². The third-order valence-corrected chi connectivity index (χ3v) is 4.20. The molecule has 4 heteroatoms. The molecule has 25 heavy (non-hydrogen) atoms. The van der Waals surface area contributed by atoms with Crippen LogP contribution in [0.15, 0.2) is 57.4 Å². The zero-order valence-corrected chi connectivity index (χ0v) is 14.0. The van der Waals surface area contributed by atoms with Gasteiger partial charge in [0.25, 0.3) is 0 Å². The monoisotopic (exact) mass is 328 g/mol. The molecule has 4 rings (SSSR count). The van der Waals surface area contributed by atoms with Crippen molar-refractivity contribution >= 4 is 11.0 Å². The number of aryl methyl sites for hydroxylation is 2. The number of furan rings is 1. The van der Waals surface area contributed by atoms with Gasteiger partial charge in [-0.1, -0.05) is 17.7 Å². The lowest BCUT2D eigenvalue weighted by Gasteiger charge is -1.96. The summed E-state index contributed by atoms with van der Waals surface area (Å²) in [6.07, 6.45) is 0.553. The van der Waals surface area contributed by atoms with E-state index in [1.165, 1.54) is 5.56 Å². The van der Waals surface area contributed by atoms with E-state index in [1.807, 2.05) is 50.2 Å². The topological polar surface area (TPSA) is 63.0 Å². The number of aromatic nitrogens is 1. The molecule has 0 amide bonds. The van der Waals surface area contributed by atoms with Gasteiger partial charge in [0.2, 0.25) is 5.89 Å². The van der Waals surface area contributed by atoms with E-state index in [4.69, 9.17) is 14.1 Å². The largest absolute Gasteiger partial charge is 0.461 e. The first-order valence-electron chi connectivity index (χ1n) is 8.08. The molecule has 0 saturated carbocycles. The Morgan fingerprint density at radius 3 is 2.72 bits per heavy atom. The van der Waals surface area contributed by atoms with Crippen molar-refractivity contribution in [2.45, 2.75) is 20.3 Å². The maximum absolute atomic E-state index is 9.00. The standard InChI is InChI=1S/C21H16N2O2/c1-13-4-3-5-16(8-13)21-23-19(14(2)24-21)11-18-10-17-9-15(12-22)6-7-20(17)25-18/h3-10H,11H2,1-2H3. The molecule has 0 atom stereocenters. The summed E-state index contributed by atoms with van der Waals surface area (Å²) >= 11 is 0. The second-order valence-corrected chi connectivity index (χ2v) is 6.15. The van der Waals surface area contributed by atoms with Crippen molar-refractivity contribution in [3.05, 3.63) is 76.9 Å². The van der Waals surface area contributed by atoms with Gasteiger partial charge in [-0.3, -0.25) is 0 Å². The van der Waals surface area contributed by atoms with Gasteiger partial charge in [-0.25, -0.2) is 4.98 Å². The smallest absolute Gasteiger partial charge is 0.226 e. The van der Waals surface area contributed by atoms with E-state index in [-0.39, 0.29) is 0 Å². The highest BCUT2D eigenvalue weighted by Crippen LogP contribution is 2.26. The maximum atomic E-state index is 9.00. The molecule has 0 fully saturated rings. The highest BCUT2D eigenvalue weighted by atomic mass is 16.4. The van der Waals surface area contributed by atoms with Gasteiger partial charge < -0.3 is 8.83 Å². The van der Waals surface area contributed by atoms with E-state index < -0.39 is 0 Å². The summed E-state index contributed by atoms with van der Waals surface area (Å²) in [6, 6.07) is 17.6. The molecular weight excluding hydrogens is 312 g/mol. The average molecular weight is 328 g/mol. The highest BCUT2D eigenvalue weighted by molar-refractivity contribution is 5.79. The molecule has 2 heterocycles. The summed E-state index contributed by atoms with van der Waals surface area (Å²) in [7, 11) is 0. The van der Waals surface area contributed by atoms with E-state index in [0.29, 0.717) is 17.9 Å². The molecule has 0 aliphatic rings. The Bertz CT molecular complexity index is 1110. The van der Waals surface area contributed by atoms with Crippen molar-refractivity contribution in [1.29, 1.82) is 5.26 Å².